The third kappa shape index (κ3) is 1.99. The molecule has 3 heteroatoms. The molecule has 1 aromatic rings. The molecular formula is C11H12O3. The van der Waals surface area contributed by atoms with Gasteiger partial charge in [-0.15, -0.1) is 0 Å². The molecule has 0 atom stereocenters. The summed E-state index contributed by atoms with van der Waals surface area (Å²) in [6.07, 6.45) is 0. The molecule has 0 heterocycles. The van der Waals surface area contributed by atoms with Crippen LogP contribution in [-0.2, 0) is 9.53 Å². The van der Waals surface area contributed by atoms with Gasteiger partial charge in [-0.2, -0.15) is 0 Å². The highest BCUT2D eigenvalue weighted by Crippen LogP contribution is 2.16. The maximum atomic E-state index is 11.3. The molecule has 1 aromatic carbocycles. The van der Waals surface area contributed by atoms with Crippen LogP contribution in [-0.4, -0.2) is 12.4 Å². The van der Waals surface area contributed by atoms with Gasteiger partial charge in [0.1, 0.15) is 0 Å². The summed E-state index contributed by atoms with van der Waals surface area (Å²) in [4.78, 5) is 21.4. The molecule has 0 aliphatic heterocycles. The van der Waals surface area contributed by atoms with Gasteiger partial charge in [0.05, 0.1) is 5.56 Å². The van der Waals surface area contributed by atoms with E-state index in [-0.39, 0.29) is 6.47 Å². The monoisotopic (exact) mass is 192 g/mol. The molecule has 0 spiro atoms. The van der Waals surface area contributed by atoms with Gasteiger partial charge in [0.15, 0.2) is 0 Å². The lowest BCUT2D eigenvalue weighted by atomic mass is 10.0. The number of esters is 1. The summed E-state index contributed by atoms with van der Waals surface area (Å²) in [5, 5.41) is 0. The van der Waals surface area contributed by atoms with E-state index >= 15 is 0 Å². The normalized spacial score (nSPS) is 9.64. The molecule has 0 fully saturated rings. The third-order valence-electron chi connectivity index (χ3n) is 2.04. The van der Waals surface area contributed by atoms with Crippen molar-refractivity contribution >= 4 is 12.4 Å². The zero-order valence-electron chi connectivity index (χ0n) is 8.46. The maximum absolute atomic E-state index is 11.3. The minimum absolute atomic E-state index is 0.154. The third-order valence-corrected chi connectivity index (χ3v) is 2.04. The van der Waals surface area contributed by atoms with Crippen LogP contribution in [0, 0.1) is 20.8 Å². The summed E-state index contributed by atoms with van der Waals surface area (Å²) < 4.78 is 4.31. The Bertz CT molecular complexity index is 357. The van der Waals surface area contributed by atoms with Gasteiger partial charge < -0.3 is 4.74 Å². The first-order valence-corrected chi connectivity index (χ1v) is 4.28. The SMILES string of the molecule is Cc1cc(C)c(C(=O)OC=O)c(C)c1. The fourth-order valence-electron chi connectivity index (χ4n) is 1.60. The van der Waals surface area contributed by atoms with E-state index in [1.807, 2.05) is 32.9 Å². The minimum atomic E-state index is -0.588. The number of rotatable bonds is 2. The Kier molecular flexibility index (Phi) is 3.02. The molecule has 1 rings (SSSR count). The lowest BCUT2D eigenvalue weighted by Gasteiger charge is -2.07. The summed E-state index contributed by atoms with van der Waals surface area (Å²) in [6.45, 7) is 5.75. The minimum Gasteiger partial charge on any atom is -0.392 e. The summed E-state index contributed by atoms with van der Waals surface area (Å²) in [5.41, 5.74) is 3.22. The molecule has 0 N–H and O–H groups in total. The predicted octanol–water partition coefficient (Wildman–Crippen LogP) is 1.93. The van der Waals surface area contributed by atoms with E-state index in [2.05, 4.69) is 4.74 Å². The summed E-state index contributed by atoms with van der Waals surface area (Å²) in [6, 6.07) is 3.77. The average Bonchev–Trinajstić information content (AvgIpc) is 2.01. The van der Waals surface area contributed by atoms with Crippen LogP contribution in [0.15, 0.2) is 12.1 Å². The lowest BCUT2D eigenvalue weighted by Crippen LogP contribution is -2.08. The molecule has 14 heavy (non-hydrogen) atoms. The van der Waals surface area contributed by atoms with E-state index in [1.54, 1.807) is 0 Å². The van der Waals surface area contributed by atoms with Crippen LogP contribution in [0.2, 0.25) is 0 Å². The second kappa shape index (κ2) is 4.05. The van der Waals surface area contributed by atoms with E-state index in [4.69, 9.17) is 0 Å². The summed E-state index contributed by atoms with van der Waals surface area (Å²) >= 11 is 0. The number of hydrogen-bond donors (Lipinski definition) is 0. The molecule has 0 amide bonds. The van der Waals surface area contributed by atoms with Crippen LogP contribution in [0.1, 0.15) is 27.0 Å². The number of ether oxygens (including phenoxy) is 1. The second-order valence-corrected chi connectivity index (χ2v) is 3.28. The summed E-state index contributed by atoms with van der Waals surface area (Å²) in [5.74, 6) is -0.588. The van der Waals surface area contributed by atoms with Crippen molar-refractivity contribution in [2.75, 3.05) is 0 Å². The zero-order chi connectivity index (χ0) is 10.7. The molecule has 3 nitrogen and oxygen atoms in total. The van der Waals surface area contributed by atoms with Crippen molar-refractivity contribution in [3.05, 3.63) is 34.4 Å². The zero-order valence-corrected chi connectivity index (χ0v) is 8.46. The Balaban J connectivity index is 3.20. The van der Waals surface area contributed by atoms with Gasteiger partial charge in [0, 0.05) is 0 Å². The first-order chi connectivity index (χ1) is 6.56. The lowest BCUT2D eigenvalue weighted by molar-refractivity contribution is -0.123. The first-order valence-electron chi connectivity index (χ1n) is 4.28. The Hall–Kier alpha value is -1.64. The van der Waals surface area contributed by atoms with Gasteiger partial charge in [-0.3, -0.25) is 4.79 Å². The molecule has 0 radical (unpaired) electrons. The number of carbonyl (C=O) groups is 2. The first kappa shape index (κ1) is 10.4. The molecule has 0 aliphatic rings. The topological polar surface area (TPSA) is 43.4 Å². The van der Waals surface area contributed by atoms with E-state index in [1.165, 1.54) is 0 Å². The van der Waals surface area contributed by atoms with Crippen molar-refractivity contribution in [2.24, 2.45) is 0 Å². The van der Waals surface area contributed by atoms with E-state index in [9.17, 15) is 9.59 Å². The Morgan fingerprint density at radius 3 is 2.14 bits per heavy atom. The van der Waals surface area contributed by atoms with Crippen molar-refractivity contribution in [1.29, 1.82) is 0 Å². The average molecular weight is 192 g/mol. The van der Waals surface area contributed by atoms with Crippen molar-refractivity contribution in [3.63, 3.8) is 0 Å². The maximum Gasteiger partial charge on any atom is 0.346 e. The Morgan fingerprint density at radius 2 is 1.71 bits per heavy atom. The van der Waals surface area contributed by atoms with E-state index in [0.29, 0.717) is 5.56 Å². The van der Waals surface area contributed by atoms with E-state index in [0.717, 1.165) is 16.7 Å². The van der Waals surface area contributed by atoms with Gasteiger partial charge in [0.2, 0.25) is 0 Å². The number of benzene rings is 1. The number of carbonyl (C=O) groups excluding carboxylic acids is 2. The number of hydrogen-bond acceptors (Lipinski definition) is 3. The van der Waals surface area contributed by atoms with Crippen LogP contribution < -0.4 is 0 Å². The van der Waals surface area contributed by atoms with Gasteiger partial charge in [-0.25, -0.2) is 4.79 Å². The molecule has 74 valence electrons. The molecule has 0 aromatic heterocycles. The van der Waals surface area contributed by atoms with Crippen molar-refractivity contribution in [3.8, 4) is 0 Å². The van der Waals surface area contributed by atoms with Crippen LogP contribution in [0.25, 0.3) is 0 Å². The highest BCUT2D eigenvalue weighted by molar-refractivity contribution is 5.95. The molecule has 0 bridgehead atoms. The highest BCUT2D eigenvalue weighted by atomic mass is 16.6. The quantitative estimate of drug-likeness (QED) is 0.408. The Labute approximate surface area is 82.7 Å². The smallest absolute Gasteiger partial charge is 0.346 e. The van der Waals surface area contributed by atoms with Crippen molar-refractivity contribution < 1.29 is 14.3 Å². The predicted molar refractivity (Wildman–Crippen MR) is 52.1 cm³/mol. The molecule has 0 aliphatic carbocycles. The largest absolute Gasteiger partial charge is 0.392 e. The van der Waals surface area contributed by atoms with E-state index < -0.39 is 5.97 Å². The Morgan fingerprint density at radius 1 is 1.21 bits per heavy atom. The van der Waals surface area contributed by atoms with Crippen molar-refractivity contribution in [2.45, 2.75) is 20.8 Å². The fraction of sp³-hybridized carbons (Fsp3) is 0.273. The van der Waals surface area contributed by atoms with Gasteiger partial charge >= 0.3 is 12.4 Å². The van der Waals surface area contributed by atoms with Gasteiger partial charge in [0.25, 0.3) is 0 Å². The number of aryl methyl sites for hydroxylation is 3. The highest BCUT2D eigenvalue weighted by Gasteiger charge is 2.13. The molecule has 0 saturated heterocycles. The van der Waals surface area contributed by atoms with Crippen LogP contribution in [0.3, 0.4) is 0 Å². The van der Waals surface area contributed by atoms with Gasteiger partial charge in [-0.05, 0) is 31.9 Å². The van der Waals surface area contributed by atoms with Gasteiger partial charge in [-0.1, -0.05) is 17.7 Å². The second-order valence-electron chi connectivity index (χ2n) is 3.28. The summed E-state index contributed by atoms with van der Waals surface area (Å²) in [7, 11) is 0. The molecular weight excluding hydrogens is 180 g/mol. The van der Waals surface area contributed by atoms with Crippen molar-refractivity contribution in [1.82, 2.24) is 0 Å². The van der Waals surface area contributed by atoms with Crippen LogP contribution in [0.5, 0.6) is 0 Å². The van der Waals surface area contributed by atoms with Crippen LogP contribution in [0.4, 0.5) is 0 Å². The standard InChI is InChI=1S/C11H12O3/c1-7-4-8(2)10(9(3)5-7)11(13)14-6-12/h4-6H,1-3H3. The molecule has 0 unspecified atom stereocenters. The van der Waals surface area contributed by atoms with Crippen LogP contribution >= 0.6 is 0 Å². The fourth-order valence-corrected chi connectivity index (χ4v) is 1.60. The molecule has 0 saturated carbocycles.